The SMILES string of the molecule is CC(C)SCC(=O)NCc1cc2n(n1)CCN(C1CCCCC1)C2. The number of carbonyl (C=O) groups excluding carboxylic acids is 1. The van der Waals surface area contributed by atoms with Crippen molar-refractivity contribution in [2.24, 2.45) is 0 Å². The zero-order valence-corrected chi connectivity index (χ0v) is 15.8. The van der Waals surface area contributed by atoms with Crippen LogP contribution in [0.3, 0.4) is 0 Å². The van der Waals surface area contributed by atoms with Crippen LogP contribution in [0.25, 0.3) is 0 Å². The molecule has 0 bridgehead atoms. The molecule has 3 rings (SSSR count). The summed E-state index contributed by atoms with van der Waals surface area (Å²) < 4.78 is 2.13. The van der Waals surface area contributed by atoms with Gasteiger partial charge in [0.15, 0.2) is 0 Å². The molecule has 0 unspecified atom stereocenters. The van der Waals surface area contributed by atoms with E-state index in [4.69, 9.17) is 0 Å². The van der Waals surface area contributed by atoms with E-state index in [-0.39, 0.29) is 5.91 Å². The Morgan fingerprint density at radius 2 is 2.12 bits per heavy atom. The summed E-state index contributed by atoms with van der Waals surface area (Å²) in [6.07, 6.45) is 6.87. The minimum Gasteiger partial charge on any atom is -0.350 e. The van der Waals surface area contributed by atoms with Crippen LogP contribution in [0.2, 0.25) is 0 Å². The second-order valence-corrected chi connectivity index (χ2v) is 8.81. The molecule has 1 aliphatic heterocycles. The molecule has 0 atom stereocenters. The lowest BCUT2D eigenvalue weighted by atomic mass is 9.94. The monoisotopic (exact) mass is 350 g/mol. The Balaban J connectivity index is 1.50. The minimum absolute atomic E-state index is 0.100. The van der Waals surface area contributed by atoms with Crippen molar-refractivity contribution in [3.05, 3.63) is 17.5 Å². The highest BCUT2D eigenvalue weighted by Crippen LogP contribution is 2.26. The summed E-state index contributed by atoms with van der Waals surface area (Å²) in [6, 6.07) is 2.93. The Bertz CT molecular complexity index is 551. The molecule has 1 aliphatic carbocycles. The normalized spacial score (nSPS) is 19.5. The third-order valence-corrected chi connectivity index (χ3v) is 6.08. The number of nitrogens with one attached hydrogen (secondary N) is 1. The predicted octanol–water partition coefficient (Wildman–Crippen LogP) is 2.79. The van der Waals surface area contributed by atoms with Crippen LogP contribution in [0, 0.1) is 0 Å². The quantitative estimate of drug-likeness (QED) is 0.857. The molecule has 6 heteroatoms. The maximum absolute atomic E-state index is 11.8. The summed E-state index contributed by atoms with van der Waals surface area (Å²) in [5, 5.41) is 8.14. The minimum atomic E-state index is 0.100. The number of fused-ring (bicyclic) bond motifs is 1. The molecular formula is C18H30N4OS. The van der Waals surface area contributed by atoms with E-state index in [0.717, 1.165) is 31.4 Å². The second-order valence-electron chi connectivity index (χ2n) is 7.25. The molecule has 0 aromatic carbocycles. The largest absolute Gasteiger partial charge is 0.350 e. The van der Waals surface area contributed by atoms with Crippen molar-refractivity contribution in [1.29, 1.82) is 0 Å². The van der Waals surface area contributed by atoms with Gasteiger partial charge in [-0.1, -0.05) is 33.1 Å². The van der Waals surface area contributed by atoms with Crippen molar-refractivity contribution < 1.29 is 4.79 Å². The lowest BCUT2D eigenvalue weighted by Crippen LogP contribution is -2.42. The maximum Gasteiger partial charge on any atom is 0.230 e. The van der Waals surface area contributed by atoms with Crippen molar-refractivity contribution in [3.8, 4) is 0 Å². The molecule has 2 aliphatic rings. The van der Waals surface area contributed by atoms with E-state index in [1.54, 1.807) is 11.8 Å². The molecular weight excluding hydrogens is 320 g/mol. The Kier molecular flexibility index (Phi) is 6.22. The van der Waals surface area contributed by atoms with Crippen LogP contribution in [0.4, 0.5) is 0 Å². The van der Waals surface area contributed by atoms with Crippen LogP contribution in [-0.4, -0.2) is 44.2 Å². The number of thioether (sulfide) groups is 1. The first-order chi connectivity index (χ1) is 11.6. The van der Waals surface area contributed by atoms with Gasteiger partial charge in [0, 0.05) is 19.1 Å². The molecule has 1 fully saturated rings. The van der Waals surface area contributed by atoms with Gasteiger partial charge in [-0.2, -0.15) is 5.10 Å². The van der Waals surface area contributed by atoms with Gasteiger partial charge in [-0.05, 0) is 24.2 Å². The highest BCUT2D eigenvalue weighted by molar-refractivity contribution is 8.00. The van der Waals surface area contributed by atoms with Crippen LogP contribution in [0.15, 0.2) is 6.07 Å². The zero-order valence-electron chi connectivity index (χ0n) is 15.0. The van der Waals surface area contributed by atoms with Crippen LogP contribution in [-0.2, 0) is 24.4 Å². The molecule has 1 N–H and O–H groups in total. The molecule has 0 saturated heterocycles. The standard InChI is InChI=1S/C18H30N4OS/c1-14(2)24-13-18(23)19-11-15-10-17-12-21(8-9-22(17)20-15)16-6-4-3-5-7-16/h10,14,16H,3-9,11-13H2,1-2H3,(H,19,23). The molecule has 0 radical (unpaired) electrons. The molecule has 1 aromatic rings. The number of carbonyl (C=O) groups is 1. The van der Waals surface area contributed by atoms with Gasteiger partial charge in [0.05, 0.1) is 30.2 Å². The molecule has 0 spiro atoms. The van der Waals surface area contributed by atoms with Crippen LogP contribution in [0.1, 0.15) is 57.3 Å². The summed E-state index contributed by atoms with van der Waals surface area (Å²) in [5.41, 5.74) is 2.28. The third-order valence-electron chi connectivity index (χ3n) is 4.98. The van der Waals surface area contributed by atoms with Gasteiger partial charge >= 0.3 is 0 Å². The fourth-order valence-corrected chi connectivity index (χ4v) is 4.26. The molecule has 1 saturated carbocycles. The van der Waals surface area contributed by atoms with Crippen molar-refractivity contribution in [2.75, 3.05) is 12.3 Å². The Morgan fingerprint density at radius 3 is 2.88 bits per heavy atom. The number of nitrogens with zero attached hydrogens (tertiary/aromatic N) is 3. The van der Waals surface area contributed by atoms with Crippen molar-refractivity contribution in [3.63, 3.8) is 0 Å². The van der Waals surface area contributed by atoms with Crippen molar-refractivity contribution in [1.82, 2.24) is 20.0 Å². The molecule has 1 aromatic heterocycles. The number of hydrogen-bond acceptors (Lipinski definition) is 4. The lowest BCUT2D eigenvalue weighted by Gasteiger charge is -2.36. The van der Waals surface area contributed by atoms with E-state index < -0.39 is 0 Å². The first-order valence-corrected chi connectivity index (χ1v) is 10.3. The number of hydrogen-bond donors (Lipinski definition) is 1. The van der Waals surface area contributed by atoms with E-state index in [9.17, 15) is 4.79 Å². The molecule has 24 heavy (non-hydrogen) atoms. The molecule has 134 valence electrons. The van der Waals surface area contributed by atoms with Crippen molar-refractivity contribution in [2.45, 2.75) is 76.9 Å². The first-order valence-electron chi connectivity index (χ1n) is 9.30. The maximum atomic E-state index is 11.8. The van der Waals surface area contributed by atoms with Gasteiger partial charge in [-0.25, -0.2) is 0 Å². The Labute approximate surface area is 149 Å². The number of aromatic nitrogens is 2. The molecule has 5 nitrogen and oxygen atoms in total. The van der Waals surface area contributed by atoms with Gasteiger partial charge < -0.3 is 5.32 Å². The van der Waals surface area contributed by atoms with E-state index in [1.807, 2.05) is 0 Å². The summed E-state index contributed by atoms with van der Waals surface area (Å²) in [7, 11) is 0. The van der Waals surface area contributed by atoms with Gasteiger partial charge in [0.25, 0.3) is 0 Å². The average Bonchev–Trinajstić information content (AvgIpc) is 3.01. The van der Waals surface area contributed by atoms with E-state index in [2.05, 4.69) is 39.9 Å². The smallest absolute Gasteiger partial charge is 0.230 e. The summed E-state index contributed by atoms with van der Waals surface area (Å²) in [4.78, 5) is 14.5. The van der Waals surface area contributed by atoms with Crippen LogP contribution in [0.5, 0.6) is 0 Å². The first kappa shape index (κ1) is 17.8. The average molecular weight is 351 g/mol. The van der Waals surface area contributed by atoms with Crippen LogP contribution < -0.4 is 5.32 Å². The van der Waals surface area contributed by atoms with Crippen molar-refractivity contribution >= 4 is 17.7 Å². The number of rotatable bonds is 6. The predicted molar refractivity (Wildman–Crippen MR) is 99.0 cm³/mol. The zero-order chi connectivity index (χ0) is 16.9. The molecule has 1 amide bonds. The fraction of sp³-hybridized carbons (Fsp3) is 0.778. The van der Waals surface area contributed by atoms with E-state index in [0.29, 0.717) is 17.5 Å². The summed E-state index contributed by atoms with van der Waals surface area (Å²) in [5.74, 6) is 0.629. The van der Waals surface area contributed by atoms with E-state index >= 15 is 0 Å². The second kappa shape index (κ2) is 8.39. The third kappa shape index (κ3) is 4.76. The molecule has 2 heterocycles. The highest BCUT2D eigenvalue weighted by Gasteiger charge is 2.25. The Morgan fingerprint density at radius 1 is 1.33 bits per heavy atom. The Hall–Kier alpha value is -1.01. The van der Waals surface area contributed by atoms with Gasteiger partial charge in [0.2, 0.25) is 5.91 Å². The fourth-order valence-electron chi connectivity index (χ4n) is 3.67. The topological polar surface area (TPSA) is 50.2 Å². The summed E-state index contributed by atoms with van der Waals surface area (Å²) in [6.45, 7) is 7.85. The van der Waals surface area contributed by atoms with E-state index in [1.165, 1.54) is 37.8 Å². The van der Waals surface area contributed by atoms with Gasteiger partial charge in [0.1, 0.15) is 0 Å². The van der Waals surface area contributed by atoms with Gasteiger partial charge in [-0.3, -0.25) is 14.4 Å². The number of amides is 1. The highest BCUT2D eigenvalue weighted by atomic mass is 32.2. The van der Waals surface area contributed by atoms with Crippen LogP contribution >= 0.6 is 11.8 Å². The summed E-state index contributed by atoms with van der Waals surface area (Å²) >= 11 is 1.67. The van der Waals surface area contributed by atoms with Gasteiger partial charge in [-0.15, -0.1) is 11.8 Å². The lowest BCUT2D eigenvalue weighted by molar-refractivity contribution is -0.118.